The van der Waals surface area contributed by atoms with E-state index in [2.05, 4.69) is 5.32 Å². The highest BCUT2D eigenvalue weighted by atomic mass is 32.2. The summed E-state index contributed by atoms with van der Waals surface area (Å²) in [5.41, 5.74) is 5.35. The first-order chi connectivity index (χ1) is 6.49. The molecular formula is C8H17F3N2S. The van der Waals surface area contributed by atoms with E-state index in [0.717, 1.165) is 12.2 Å². The first kappa shape index (κ1) is 14.1. The minimum Gasteiger partial charge on any atom is -0.329 e. The summed E-state index contributed by atoms with van der Waals surface area (Å²) in [5.74, 6) is 0.962. The lowest BCUT2D eigenvalue weighted by Crippen LogP contribution is -2.41. The quantitative estimate of drug-likeness (QED) is 0.653. The molecule has 0 heterocycles. The van der Waals surface area contributed by atoms with Crippen LogP contribution in [0, 0.1) is 0 Å². The van der Waals surface area contributed by atoms with Crippen LogP contribution in [0.5, 0.6) is 0 Å². The normalized spacial score (nSPS) is 14.4. The van der Waals surface area contributed by atoms with Gasteiger partial charge in [-0.25, -0.2) is 0 Å². The predicted molar refractivity (Wildman–Crippen MR) is 54.5 cm³/mol. The summed E-state index contributed by atoms with van der Waals surface area (Å²) in [6.45, 7) is -0.696. The molecule has 0 aliphatic rings. The zero-order chi connectivity index (χ0) is 11.0. The van der Waals surface area contributed by atoms with Gasteiger partial charge >= 0.3 is 6.18 Å². The highest BCUT2D eigenvalue weighted by Gasteiger charge is 2.27. The molecule has 1 atom stereocenters. The summed E-state index contributed by atoms with van der Waals surface area (Å²) in [6.07, 6.45) is -0.575. The van der Waals surface area contributed by atoms with Gasteiger partial charge in [0.2, 0.25) is 0 Å². The third-order valence-corrected chi connectivity index (χ3v) is 2.47. The van der Waals surface area contributed by atoms with Crippen LogP contribution < -0.4 is 11.1 Å². The van der Waals surface area contributed by atoms with Crippen molar-refractivity contribution in [3.05, 3.63) is 0 Å². The lowest BCUT2D eigenvalue weighted by atomic mass is 10.1. The molecule has 0 rings (SSSR count). The monoisotopic (exact) mass is 230 g/mol. The van der Waals surface area contributed by atoms with Gasteiger partial charge in [0.15, 0.2) is 0 Å². The maximum Gasteiger partial charge on any atom is 0.401 e. The fourth-order valence-corrected chi connectivity index (χ4v) is 1.49. The van der Waals surface area contributed by atoms with E-state index in [1.54, 1.807) is 11.8 Å². The Morgan fingerprint density at radius 3 is 2.50 bits per heavy atom. The van der Waals surface area contributed by atoms with Crippen LogP contribution in [0.2, 0.25) is 0 Å². The van der Waals surface area contributed by atoms with Crippen LogP contribution in [0.4, 0.5) is 13.2 Å². The van der Waals surface area contributed by atoms with Crippen molar-refractivity contribution < 1.29 is 13.2 Å². The molecule has 0 radical (unpaired) electrons. The van der Waals surface area contributed by atoms with Crippen LogP contribution in [0.25, 0.3) is 0 Å². The van der Waals surface area contributed by atoms with E-state index in [0.29, 0.717) is 6.42 Å². The Kier molecular flexibility index (Phi) is 7.40. The first-order valence-electron chi connectivity index (χ1n) is 4.48. The van der Waals surface area contributed by atoms with Gasteiger partial charge in [-0.15, -0.1) is 0 Å². The highest BCUT2D eigenvalue weighted by Crippen LogP contribution is 2.13. The van der Waals surface area contributed by atoms with Gasteiger partial charge in [-0.1, -0.05) is 0 Å². The van der Waals surface area contributed by atoms with E-state index in [4.69, 9.17) is 5.73 Å². The number of nitrogens with one attached hydrogen (secondary N) is 1. The van der Waals surface area contributed by atoms with Crippen molar-refractivity contribution in [3.8, 4) is 0 Å². The third-order valence-electron chi connectivity index (χ3n) is 1.78. The molecule has 0 saturated carbocycles. The van der Waals surface area contributed by atoms with Gasteiger partial charge in [0, 0.05) is 12.6 Å². The topological polar surface area (TPSA) is 38.0 Å². The van der Waals surface area contributed by atoms with Crippen molar-refractivity contribution in [3.63, 3.8) is 0 Å². The Morgan fingerprint density at radius 1 is 1.43 bits per heavy atom. The number of alkyl halides is 3. The van der Waals surface area contributed by atoms with Crippen LogP contribution in [0.3, 0.4) is 0 Å². The Bertz CT molecular complexity index is 141. The predicted octanol–water partition coefficient (Wildman–Crippen LogP) is 1.61. The summed E-state index contributed by atoms with van der Waals surface area (Å²) in [4.78, 5) is 0. The molecule has 0 aliphatic heterocycles. The van der Waals surface area contributed by atoms with E-state index in [9.17, 15) is 13.2 Å². The van der Waals surface area contributed by atoms with Gasteiger partial charge < -0.3 is 11.1 Å². The number of hydrogen-bond donors (Lipinski definition) is 2. The maximum absolute atomic E-state index is 11.8. The third kappa shape index (κ3) is 8.65. The molecule has 14 heavy (non-hydrogen) atoms. The molecule has 2 nitrogen and oxygen atoms in total. The highest BCUT2D eigenvalue weighted by molar-refractivity contribution is 7.98. The Labute approximate surface area is 86.8 Å². The molecule has 0 amide bonds. The molecule has 6 heteroatoms. The lowest BCUT2D eigenvalue weighted by molar-refractivity contribution is -0.126. The number of nitrogens with two attached hydrogens (primary N) is 1. The van der Waals surface area contributed by atoms with Gasteiger partial charge in [0.05, 0.1) is 6.54 Å². The fraction of sp³-hybridized carbons (Fsp3) is 1.00. The zero-order valence-corrected chi connectivity index (χ0v) is 9.05. The number of rotatable bonds is 7. The summed E-state index contributed by atoms with van der Waals surface area (Å²) < 4.78 is 35.5. The molecule has 0 bridgehead atoms. The van der Waals surface area contributed by atoms with Gasteiger partial charge in [0.25, 0.3) is 0 Å². The molecule has 0 aromatic heterocycles. The molecule has 0 aromatic rings. The van der Waals surface area contributed by atoms with E-state index >= 15 is 0 Å². The molecule has 86 valence electrons. The second-order valence-electron chi connectivity index (χ2n) is 3.06. The average molecular weight is 230 g/mol. The standard InChI is InChI=1S/C8H17F3N2S/c1-14-4-2-3-7(5-12)13-6-8(9,10)11/h7,13H,2-6,12H2,1H3. The van der Waals surface area contributed by atoms with Gasteiger partial charge in [-0.2, -0.15) is 24.9 Å². The van der Waals surface area contributed by atoms with Crippen LogP contribution in [-0.2, 0) is 0 Å². The summed E-state index contributed by atoms with van der Waals surface area (Å²) >= 11 is 1.69. The van der Waals surface area contributed by atoms with Crippen molar-refractivity contribution in [1.29, 1.82) is 0 Å². The van der Waals surface area contributed by atoms with Crippen LogP contribution >= 0.6 is 11.8 Å². The van der Waals surface area contributed by atoms with Gasteiger partial charge in [-0.3, -0.25) is 0 Å². The van der Waals surface area contributed by atoms with Crippen LogP contribution in [0.15, 0.2) is 0 Å². The Morgan fingerprint density at radius 2 is 2.07 bits per heavy atom. The smallest absolute Gasteiger partial charge is 0.329 e. The van der Waals surface area contributed by atoms with Gasteiger partial charge in [-0.05, 0) is 24.9 Å². The second-order valence-corrected chi connectivity index (χ2v) is 4.05. The molecule has 0 spiro atoms. The Hall–Kier alpha value is 0.0600. The van der Waals surface area contributed by atoms with Crippen molar-refractivity contribution in [1.82, 2.24) is 5.32 Å². The summed E-state index contributed by atoms with van der Waals surface area (Å²) in [6, 6.07) is -0.219. The summed E-state index contributed by atoms with van der Waals surface area (Å²) in [7, 11) is 0. The van der Waals surface area contributed by atoms with Gasteiger partial charge in [0.1, 0.15) is 0 Å². The van der Waals surface area contributed by atoms with Crippen molar-refractivity contribution in [2.24, 2.45) is 5.73 Å². The molecule has 3 N–H and O–H groups in total. The number of hydrogen-bond acceptors (Lipinski definition) is 3. The first-order valence-corrected chi connectivity index (χ1v) is 5.88. The average Bonchev–Trinajstić information content (AvgIpc) is 2.09. The van der Waals surface area contributed by atoms with Crippen molar-refractivity contribution in [2.45, 2.75) is 25.1 Å². The van der Waals surface area contributed by atoms with Crippen molar-refractivity contribution >= 4 is 11.8 Å². The largest absolute Gasteiger partial charge is 0.401 e. The zero-order valence-electron chi connectivity index (χ0n) is 8.23. The number of thioether (sulfide) groups is 1. The van der Waals surface area contributed by atoms with Crippen molar-refractivity contribution in [2.75, 3.05) is 25.1 Å². The fourth-order valence-electron chi connectivity index (χ4n) is 1.04. The van der Waals surface area contributed by atoms with Crippen LogP contribution in [-0.4, -0.2) is 37.3 Å². The SMILES string of the molecule is CSCCCC(CN)NCC(F)(F)F. The van der Waals surface area contributed by atoms with Crippen LogP contribution in [0.1, 0.15) is 12.8 Å². The molecule has 0 aliphatic carbocycles. The van der Waals surface area contributed by atoms with E-state index in [1.165, 1.54) is 0 Å². The maximum atomic E-state index is 11.8. The van der Waals surface area contributed by atoms with E-state index in [1.807, 2.05) is 6.26 Å². The molecule has 0 saturated heterocycles. The minimum atomic E-state index is -4.15. The Balaban J connectivity index is 3.58. The molecule has 0 fully saturated rings. The minimum absolute atomic E-state index is 0.219. The van der Waals surface area contributed by atoms with E-state index in [-0.39, 0.29) is 12.6 Å². The van der Waals surface area contributed by atoms with E-state index < -0.39 is 12.7 Å². The molecule has 1 unspecified atom stereocenters. The number of halogens is 3. The second kappa shape index (κ2) is 7.36. The molecular weight excluding hydrogens is 213 g/mol. The summed E-state index contributed by atoms with van der Waals surface area (Å²) in [5, 5.41) is 2.41. The lowest BCUT2D eigenvalue weighted by Gasteiger charge is -2.17. The molecule has 0 aromatic carbocycles.